The van der Waals surface area contributed by atoms with Crippen molar-refractivity contribution in [2.75, 3.05) is 19.6 Å². The van der Waals surface area contributed by atoms with Crippen molar-refractivity contribution >= 4 is 0 Å². The third-order valence-electron chi connectivity index (χ3n) is 2.29. The van der Waals surface area contributed by atoms with Crippen molar-refractivity contribution in [2.24, 2.45) is 5.73 Å². The van der Waals surface area contributed by atoms with Gasteiger partial charge in [-0.15, -0.1) is 6.42 Å². The fourth-order valence-electron chi connectivity index (χ4n) is 1.74. The van der Waals surface area contributed by atoms with Crippen molar-refractivity contribution in [1.29, 1.82) is 0 Å². The summed E-state index contributed by atoms with van der Waals surface area (Å²) >= 11 is 0. The molecule has 1 saturated heterocycles. The topological polar surface area (TPSA) is 29.3 Å². The highest BCUT2D eigenvalue weighted by Gasteiger charge is 2.22. The Morgan fingerprint density at radius 3 is 3.09 bits per heavy atom. The summed E-state index contributed by atoms with van der Waals surface area (Å²) in [5.41, 5.74) is 5.49. The van der Waals surface area contributed by atoms with Gasteiger partial charge in [0.15, 0.2) is 0 Å². The predicted octanol–water partition coefficient (Wildman–Crippen LogP) is 0.433. The molecule has 1 heterocycles. The van der Waals surface area contributed by atoms with Gasteiger partial charge in [0.1, 0.15) is 0 Å². The lowest BCUT2D eigenvalue weighted by Gasteiger charge is -2.20. The van der Waals surface area contributed by atoms with E-state index in [4.69, 9.17) is 12.2 Å². The zero-order chi connectivity index (χ0) is 8.10. The average molecular weight is 152 g/mol. The second kappa shape index (κ2) is 4.38. The van der Waals surface area contributed by atoms with Gasteiger partial charge in [0, 0.05) is 6.04 Å². The number of hydrogen-bond donors (Lipinski definition) is 1. The summed E-state index contributed by atoms with van der Waals surface area (Å²) in [6.07, 6.45) is 8.90. The van der Waals surface area contributed by atoms with E-state index in [1.165, 1.54) is 12.8 Å². The molecule has 2 N–H and O–H groups in total. The Bertz CT molecular complexity index is 148. The van der Waals surface area contributed by atoms with Crippen LogP contribution in [0, 0.1) is 12.3 Å². The van der Waals surface area contributed by atoms with Gasteiger partial charge in [0.25, 0.3) is 0 Å². The number of rotatable bonds is 3. The minimum absolute atomic E-state index is 0.663. The Balaban J connectivity index is 2.32. The molecular formula is C9H16N2. The van der Waals surface area contributed by atoms with Crippen LogP contribution in [-0.4, -0.2) is 30.6 Å². The molecule has 0 spiro atoms. The fraction of sp³-hybridized carbons (Fsp3) is 0.778. The summed E-state index contributed by atoms with van der Waals surface area (Å²) in [6, 6.07) is 0.663. The highest BCUT2D eigenvalue weighted by atomic mass is 15.2. The zero-order valence-corrected chi connectivity index (χ0v) is 6.92. The van der Waals surface area contributed by atoms with Gasteiger partial charge in [-0.25, -0.2) is 0 Å². The van der Waals surface area contributed by atoms with Gasteiger partial charge in [0.05, 0.1) is 6.54 Å². The van der Waals surface area contributed by atoms with Crippen LogP contribution in [0.3, 0.4) is 0 Å². The van der Waals surface area contributed by atoms with Crippen LogP contribution in [0.4, 0.5) is 0 Å². The second-order valence-electron chi connectivity index (χ2n) is 3.05. The molecule has 1 fully saturated rings. The first-order valence-electron chi connectivity index (χ1n) is 4.26. The molecule has 1 atom stereocenters. The van der Waals surface area contributed by atoms with E-state index in [9.17, 15) is 0 Å². The molecule has 0 amide bonds. The van der Waals surface area contributed by atoms with E-state index >= 15 is 0 Å². The van der Waals surface area contributed by atoms with Crippen LogP contribution >= 0.6 is 0 Å². The van der Waals surface area contributed by atoms with E-state index in [0.29, 0.717) is 6.04 Å². The number of nitrogens with zero attached hydrogens (tertiary/aromatic N) is 1. The van der Waals surface area contributed by atoms with Crippen molar-refractivity contribution in [3.8, 4) is 12.3 Å². The number of terminal acetylenes is 1. The highest BCUT2D eigenvalue weighted by molar-refractivity contribution is 4.92. The number of hydrogen-bond acceptors (Lipinski definition) is 2. The Labute approximate surface area is 68.8 Å². The van der Waals surface area contributed by atoms with Gasteiger partial charge >= 0.3 is 0 Å². The van der Waals surface area contributed by atoms with Crippen molar-refractivity contribution in [3.05, 3.63) is 0 Å². The largest absolute Gasteiger partial charge is 0.330 e. The SMILES string of the molecule is C#CCN1CCCC1CCN. The molecule has 0 aromatic heterocycles. The van der Waals surface area contributed by atoms with Gasteiger partial charge in [-0.05, 0) is 32.4 Å². The third kappa shape index (κ3) is 2.21. The highest BCUT2D eigenvalue weighted by Crippen LogP contribution is 2.18. The first kappa shape index (κ1) is 8.58. The first-order chi connectivity index (χ1) is 5.38. The Morgan fingerprint density at radius 2 is 2.45 bits per heavy atom. The van der Waals surface area contributed by atoms with Gasteiger partial charge in [-0.3, -0.25) is 4.90 Å². The quantitative estimate of drug-likeness (QED) is 0.594. The molecule has 0 aliphatic carbocycles. The maximum Gasteiger partial charge on any atom is 0.0601 e. The maximum atomic E-state index is 5.49. The van der Waals surface area contributed by atoms with E-state index < -0.39 is 0 Å². The van der Waals surface area contributed by atoms with E-state index in [2.05, 4.69) is 10.8 Å². The average Bonchev–Trinajstić information content (AvgIpc) is 2.39. The number of nitrogens with two attached hydrogens (primary N) is 1. The summed E-state index contributed by atoms with van der Waals surface area (Å²) < 4.78 is 0. The molecule has 1 aliphatic rings. The summed E-state index contributed by atoms with van der Waals surface area (Å²) in [5, 5.41) is 0. The molecule has 62 valence electrons. The predicted molar refractivity (Wildman–Crippen MR) is 47.1 cm³/mol. The maximum absolute atomic E-state index is 5.49. The monoisotopic (exact) mass is 152 g/mol. The lowest BCUT2D eigenvalue weighted by Crippen LogP contribution is -2.31. The molecule has 1 aliphatic heterocycles. The molecule has 0 bridgehead atoms. The lowest BCUT2D eigenvalue weighted by atomic mass is 10.1. The van der Waals surface area contributed by atoms with Crippen LogP contribution in [0.1, 0.15) is 19.3 Å². The minimum atomic E-state index is 0.663. The van der Waals surface area contributed by atoms with Crippen molar-refractivity contribution in [2.45, 2.75) is 25.3 Å². The van der Waals surface area contributed by atoms with Crippen LogP contribution in [-0.2, 0) is 0 Å². The Morgan fingerprint density at radius 1 is 1.64 bits per heavy atom. The van der Waals surface area contributed by atoms with Crippen molar-refractivity contribution in [1.82, 2.24) is 4.90 Å². The Hall–Kier alpha value is -0.520. The van der Waals surface area contributed by atoms with Gasteiger partial charge in [-0.1, -0.05) is 5.92 Å². The summed E-state index contributed by atoms with van der Waals surface area (Å²) in [7, 11) is 0. The molecule has 1 unspecified atom stereocenters. The molecule has 2 nitrogen and oxygen atoms in total. The summed E-state index contributed by atoms with van der Waals surface area (Å²) in [6.45, 7) is 2.74. The van der Waals surface area contributed by atoms with Crippen molar-refractivity contribution < 1.29 is 0 Å². The van der Waals surface area contributed by atoms with E-state index in [1.807, 2.05) is 0 Å². The van der Waals surface area contributed by atoms with Crippen LogP contribution in [0.25, 0.3) is 0 Å². The van der Waals surface area contributed by atoms with Crippen LogP contribution in [0.15, 0.2) is 0 Å². The number of likely N-dealkylation sites (tertiary alicyclic amines) is 1. The lowest BCUT2D eigenvalue weighted by molar-refractivity contribution is 0.275. The minimum Gasteiger partial charge on any atom is -0.330 e. The molecule has 0 aromatic carbocycles. The van der Waals surface area contributed by atoms with E-state index in [-0.39, 0.29) is 0 Å². The molecular weight excluding hydrogens is 136 g/mol. The summed E-state index contributed by atoms with van der Waals surface area (Å²) in [4.78, 5) is 2.35. The standard InChI is InChI=1S/C9H16N2/c1-2-7-11-8-3-4-9(11)5-6-10/h1,9H,3-8,10H2. The fourth-order valence-corrected chi connectivity index (χ4v) is 1.74. The molecule has 2 heteroatoms. The zero-order valence-electron chi connectivity index (χ0n) is 6.92. The molecule has 0 aromatic rings. The molecule has 1 rings (SSSR count). The van der Waals surface area contributed by atoms with Gasteiger partial charge in [-0.2, -0.15) is 0 Å². The van der Waals surface area contributed by atoms with Gasteiger partial charge in [0.2, 0.25) is 0 Å². The first-order valence-corrected chi connectivity index (χ1v) is 4.26. The molecule has 0 saturated carbocycles. The van der Waals surface area contributed by atoms with Crippen LogP contribution in [0.2, 0.25) is 0 Å². The second-order valence-corrected chi connectivity index (χ2v) is 3.05. The van der Waals surface area contributed by atoms with Crippen LogP contribution < -0.4 is 5.73 Å². The van der Waals surface area contributed by atoms with Gasteiger partial charge < -0.3 is 5.73 Å². The van der Waals surface area contributed by atoms with E-state index in [1.54, 1.807) is 0 Å². The molecule has 11 heavy (non-hydrogen) atoms. The smallest absolute Gasteiger partial charge is 0.0601 e. The van der Waals surface area contributed by atoms with Crippen LogP contribution in [0.5, 0.6) is 0 Å². The molecule has 0 radical (unpaired) electrons. The normalized spacial score (nSPS) is 25.3. The summed E-state index contributed by atoms with van der Waals surface area (Å²) in [5.74, 6) is 2.68. The third-order valence-corrected chi connectivity index (χ3v) is 2.29. The van der Waals surface area contributed by atoms with Crippen molar-refractivity contribution in [3.63, 3.8) is 0 Å². The van der Waals surface area contributed by atoms with E-state index in [0.717, 1.165) is 26.1 Å². The Kier molecular flexibility index (Phi) is 3.41.